The Kier molecular flexibility index (Phi) is 3.04. The molecule has 0 atom stereocenters. The number of ether oxygens (including phenoxy) is 1. The van der Waals surface area contributed by atoms with Crippen LogP contribution in [0.15, 0.2) is 6.20 Å². The summed E-state index contributed by atoms with van der Waals surface area (Å²) in [4.78, 5) is 0. The van der Waals surface area contributed by atoms with E-state index in [1.807, 2.05) is 6.20 Å². The summed E-state index contributed by atoms with van der Waals surface area (Å²) in [5, 5.41) is 7.86. The molecule has 0 saturated heterocycles. The first-order valence-corrected chi connectivity index (χ1v) is 3.74. The van der Waals surface area contributed by atoms with E-state index in [0.717, 1.165) is 18.7 Å². The molecule has 0 saturated carbocycles. The summed E-state index contributed by atoms with van der Waals surface area (Å²) >= 11 is 0. The summed E-state index contributed by atoms with van der Waals surface area (Å²) in [7, 11) is 1.68. The Morgan fingerprint density at radius 3 is 3.00 bits per heavy atom. The molecule has 0 aliphatic heterocycles. The van der Waals surface area contributed by atoms with Crippen LogP contribution in [0.2, 0.25) is 0 Å². The van der Waals surface area contributed by atoms with E-state index < -0.39 is 0 Å². The van der Waals surface area contributed by atoms with Gasteiger partial charge in [-0.1, -0.05) is 12.1 Å². The van der Waals surface area contributed by atoms with Gasteiger partial charge in [0.25, 0.3) is 0 Å². The van der Waals surface area contributed by atoms with Crippen molar-refractivity contribution in [1.29, 1.82) is 0 Å². The average molecular weight is 155 g/mol. The standard InChI is InChI=1S/C7H13N3O/c1-3-7-6-10(9-8-7)4-5-11-2/h6H,3-5H2,1-2H3. The molecule has 0 amide bonds. The van der Waals surface area contributed by atoms with Crippen LogP contribution in [0.5, 0.6) is 0 Å². The number of aromatic nitrogens is 3. The fourth-order valence-corrected chi connectivity index (χ4v) is 0.795. The van der Waals surface area contributed by atoms with Gasteiger partial charge < -0.3 is 4.74 Å². The number of hydrogen-bond donors (Lipinski definition) is 0. The normalized spacial score (nSPS) is 10.4. The van der Waals surface area contributed by atoms with Crippen molar-refractivity contribution in [2.75, 3.05) is 13.7 Å². The molecular weight excluding hydrogens is 142 g/mol. The van der Waals surface area contributed by atoms with Gasteiger partial charge in [-0.05, 0) is 6.42 Å². The van der Waals surface area contributed by atoms with E-state index in [9.17, 15) is 0 Å². The fourth-order valence-electron chi connectivity index (χ4n) is 0.795. The second-order valence-corrected chi connectivity index (χ2v) is 2.32. The van der Waals surface area contributed by atoms with Crippen molar-refractivity contribution in [3.63, 3.8) is 0 Å². The molecule has 11 heavy (non-hydrogen) atoms. The minimum atomic E-state index is 0.687. The number of hydrogen-bond acceptors (Lipinski definition) is 3. The molecule has 0 aliphatic rings. The predicted molar refractivity (Wildman–Crippen MR) is 41.3 cm³/mol. The SMILES string of the molecule is CCc1cn(CCOC)nn1. The van der Waals surface area contributed by atoms with Crippen molar-refractivity contribution >= 4 is 0 Å². The average Bonchev–Trinajstić information content (AvgIpc) is 2.48. The van der Waals surface area contributed by atoms with Gasteiger partial charge in [-0.25, -0.2) is 4.68 Å². The zero-order chi connectivity index (χ0) is 8.10. The first-order valence-electron chi connectivity index (χ1n) is 3.74. The van der Waals surface area contributed by atoms with Crippen LogP contribution in [0.3, 0.4) is 0 Å². The maximum atomic E-state index is 4.90. The molecule has 0 fully saturated rings. The highest BCUT2D eigenvalue weighted by atomic mass is 16.5. The minimum Gasteiger partial charge on any atom is -0.383 e. The van der Waals surface area contributed by atoms with E-state index >= 15 is 0 Å². The first kappa shape index (κ1) is 8.20. The third kappa shape index (κ3) is 2.31. The number of nitrogens with zero attached hydrogens (tertiary/aromatic N) is 3. The second-order valence-electron chi connectivity index (χ2n) is 2.32. The Hall–Kier alpha value is -0.900. The molecular formula is C7H13N3O. The maximum absolute atomic E-state index is 4.90. The van der Waals surface area contributed by atoms with E-state index in [2.05, 4.69) is 17.2 Å². The number of aryl methyl sites for hydroxylation is 1. The molecule has 1 aromatic rings. The summed E-state index contributed by atoms with van der Waals surface area (Å²) < 4.78 is 6.69. The topological polar surface area (TPSA) is 39.9 Å². The zero-order valence-corrected chi connectivity index (χ0v) is 6.95. The first-order chi connectivity index (χ1) is 5.36. The van der Waals surface area contributed by atoms with Gasteiger partial charge in [-0.2, -0.15) is 0 Å². The molecule has 0 radical (unpaired) electrons. The minimum absolute atomic E-state index is 0.687. The number of rotatable bonds is 4. The highest BCUT2D eigenvalue weighted by Gasteiger charge is 1.95. The van der Waals surface area contributed by atoms with E-state index in [1.165, 1.54) is 0 Å². The van der Waals surface area contributed by atoms with Crippen LogP contribution in [0, 0.1) is 0 Å². The summed E-state index contributed by atoms with van der Waals surface area (Å²) in [5.74, 6) is 0. The molecule has 0 bridgehead atoms. The lowest BCUT2D eigenvalue weighted by Crippen LogP contribution is -2.04. The zero-order valence-electron chi connectivity index (χ0n) is 6.95. The molecule has 1 heterocycles. The smallest absolute Gasteiger partial charge is 0.0824 e. The number of methoxy groups -OCH3 is 1. The Morgan fingerprint density at radius 2 is 2.45 bits per heavy atom. The second kappa shape index (κ2) is 4.08. The maximum Gasteiger partial charge on any atom is 0.0824 e. The summed E-state index contributed by atoms with van der Waals surface area (Å²) in [6.07, 6.45) is 2.88. The molecule has 4 nitrogen and oxygen atoms in total. The van der Waals surface area contributed by atoms with E-state index in [4.69, 9.17) is 4.74 Å². The van der Waals surface area contributed by atoms with E-state index in [0.29, 0.717) is 6.61 Å². The van der Waals surface area contributed by atoms with Crippen LogP contribution in [0.4, 0.5) is 0 Å². The van der Waals surface area contributed by atoms with Crippen LogP contribution >= 0.6 is 0 Å². The van der Waals surface area contributed by atoms with Gasteiger partial charge in [-0.3, -0.25) is 0 Å². The Labute approximate surface area is 66.2 Å². The van der Waals surface area contributed by atoms with Crippen molar-refractivity contribution < 1.29 is 4.74 Å². The van der Waals surface area contributed by atoms with Gasteiger partial charge in [0.05, 0.1) is 18.8 Å². The highest BCUT2D eigenvalue weighted by molar-refractivity contribution is 4.90. The molecule has 1 rings (SSSR count). The lowest BCUT2D eigenvalue weighted by atomic mass is 10.4. The van der Waals surface area contributed by atoms with Gasteiger partial charge >= 0.3 is 0 Å². The summed E-state index contributed by atoms with van der Waals surface area (Å²) in [6, 6.07) is 0. The molecule has 0 aliphatic carbocycles. The molecule has 4 heteroatoms. The highest BCUT2D eigenvalue weighted by Crippen LogP contribution is 1.92. The van der Waals surface area contributed by atoms with Crippen LogP contribution in [0.25, 0.3) is 0 Å². The van der Waals surface area contributed by atoms with Crippen molar-refractivity contribution in [2.45, 2.75) is 19.9 Å². The summed E-state index contributed by atoms with van der Waals surface area (Å²) in [6.45, 7) is 3.53. The molecule has 62 valence electrons. The quantitative estimate of drug-likeness (QED) is 0.635. The Bertz CT molecular complexity index is 209. The molecule has 0 unspecified atom stereocenters. The Balaban J connectivity index is 2.44. The van der Waals surface area contributed by atoms with E-state index in [1.54, 1.807) is 11.8 Å². The third-order valence-corrected chi connectivity index (χ3v) is 1.47. The summed E-state index contributed by atoms with van der Waals surface area (Å²) in [5.41, 5.74) is 1.03. The van der Waals surface area contributed by atoms with Gasteiger partial charge in [0.15, 0.2) is 0 Å². The van der Waals surface area contributed by atoms with Crippen LogP contribution in [-0.4, -0.2) is 28.7 Å². The van der Waals surface area contributed by atoms with Crippen LogP contribution < -0.4 is 0 Å². The van der Waals surface area contributed by atoms with Crippen molar-refractivity contribution in [3.05, 3.63) is 11.9 Å². The fraction of sp³-hybridized carbons (Fsp3) is 0.714. The largest absolute Gasteiger partial charge is 0.383 e. The van der Waals surface area contributed by atoms with Crippen molar-refractivity contribution in [3.8, 4) is 0 Å². The van der Waals surface area contributed by atoms with Gasteiger partial charge in [0.1, 0.15) is 0 Å². The lowest BCUT2D eigenvalue weighted by molar-refractivity contribution is 0.183. The van der Waals surface area contributed by atoms with Crippen molar-refractivity contribution in [2.24, 2.45) is 0 Å². The van der Waals surface area contributed by atoms with Crippen molar-refractivity contribution in [1.82, 2.24) is 15.0 Å². The van der Waals surface area contributed by atoms with E-state index in [-0.39, 0.29) is 0 Å². The molecule has 0 N–H and O–H groups in total. The van der Waals surface area contributed by atoms with Gasteiger partial charge in [-0.15, -0.1) is 5.10 Å². The van der Waals surface area contributed by atoms with Gasteiger partial charge in [0, 0.05) is 13.3 Å². The molecule has 1 aromatic heterocycles. The van der Waals surface area contributed by atoms with Crippen LogP contribution in [-0.2, 0) is 17.7 Å². The monoisotopic (exact) mass is 155 g/mol. The Morgan fingerprint density at radius 1 is 1.64 bits per heavy atom. The molecule has 0 spiro atoms. The lowest BCUT2D eigenvalue weighted by Gasteiger charge is -1.96. The van der Waals surface area contributed by atoms with Gasteiger partial charge in [0.2, 0.25) is 0 Å². The molecule has 0 aromatic carbocycles. The van der Waals surface area contributed by atoms with Crippen LogP contribution in [0.1, 0.15) is 12.6 Å². The predicted octanol–water partition coefficient (Wildman–Crippen LogP) is 0.487. The third-order valence-electron chi connectivity index (χ3n) is 1.47.